The number of hydrogen-bond acceptors (Lipinski definition) is 3. The lowest BCUT2D eigenvalue weighted by Gasteiger charge is -2.29. The highest BCUT2D eigenvalue weighted by atomic mass is 79.9. The first-order chi connectivity index (χ1) is 13.6. The highest BCUT2D eigenvalue weighted by Gasteiger charge is 2.38. The quantitative estimate of drug-likeness (QED) is 0.606. The Morgan fingerprint density at radius 2 is 2.00 bits per heavy atom. The molecule has 0 bridgehead atoms. The molecule has 0 unspecified atom stereocenters. The van der Waals surface area contributed by atoms with Gasteiger partial charge in [0.1, 0.15) is 12.4 Å². The number of ether oxygens (including phenoxy) is 1. The van der Waals surface area contributed by atoms with Gasteiger partial charge in [-0.2, -0.15) is 0 Å². The molecule has 29 heavy (non-hydrogen) atoms. The number of amides is 2. The molecule has 2 aromatic rings. The molecule has 0 aliphatic carbocycles. The molecule has 1 heterocycles. The van der Waals surface area contributed by atoms with Gasteiger partial charge in [0, 0.05) is 22.8 Å². The number of halogens is 2. The summed E-state index contributed by atoms with van der Waals surface area (Å²) in [5, 5.41) is 3.22. The van der Waals surface area contributed by atoms with Crippen LogP contribution in [-0.4, -0.2) is 25.0 Å². The maximum absolute atomic E-state index is 13.0. The van der Waals surface area contributed by atoms with Crippen LogP contribution in [0.15, 0.2) is 40.9 Å². The molecule has 1 aliphatic rings. The monoisotopic (exact) mass is 478 g/mol. The molecule has 1 aliphatic heterocycles. The van der Waals surface area contributed by atoms with Crippen molar-refractivity contribution in [3.8, 4) is 5.75 Å². The average Bonchev–Trinajstić information content (AvgIpc) is 2.73. The van der Waals surface area contributed by atoms with E-state index in [0.29, 0.717) is 40.2 Å². The normalized spacial score (nSPS) is 15.6. The van der Waals surface area contributed by atoms with Crippen LogP contribution in [0.3, 0.4) is 0 Å². The van der Waals surface area contributed by atoms with Gasteiger partial charge in [0.15, 0.2) is 0 Å². The van der Waals surface area contributed by atoms with Gasteiger partial charge in [0.2, 0.25) is 5.91 Å². The SMILES string of the molecule is CC(C)CN1C(=O)C(C)(C)COc2cc(NC(=O)c3cc(Br)ccc3Cl)ccc21. The average molecular weight is 480 g/mol. The first-order valence-electron chi connectivity index (χ1n) is 9.44. The molecular formula is C22H24BrClN2O3. The molecule has 3 rings (SSSR count). The summed E-state index contributed by atoms with van der Waals surface area (Å²) < 4.78 is 6.74. The van der Waals surface area contributed by atoms with Crippen molar-refractivity contribution in [3.05, 3.63) is 51.5 Å². The van der Waals surface area contributed by atoms with Gasteiger partial charge < -0.3 is 15.0 Å². The van der Waals surface area contributed by atoms with E-state index in [0.717, 1.165) is 4.47 Å². The van der Waals surface area contributed by atoms with Gasteiger partial charge in [-0.05, 0) is 50.1 Å². The Labute approximate surface area is 184 Å². The number of benzene rings is 2. The van der Waals surface area contributed by atoms with Crippen LogP contribution in [-0.2, 0) is 4.79 Å². The summed E-state index contributed by atoms with van der Waals surface area (Å²) in [6.07, 6.45) is 0. The van der Waals surface area contributed by atoms with Crippen molar-refractivity contribution in [1.82, 2.24) is 0 Å². The molecule has 0 spiro atoms. The third-order valence-electron chi connectivity index (χ3n) is 4.64. The number of rotatable bonds is 4. The van der Waals surface area contributed by atoms with Crippen LogP contribution in [0, 0.1) is 11.3 Å². The highest BCUT2D eigenvalue weighted by molar-refractivity contribution is 9.10. The summed E-state index contributed by atoms with van der Waals surface area (Å²) in [6.45, 7) is 8.77. The van der Waals surface area contributed by atoms with E-state index in [1.54, 1.807) is 35.2 Å². The van der Waals surface area contributed by atoms with E-state index >= 15 is 0 Å². The summed E-state index contributed by atoms with van der Waals surface area (Å²) in [5.41, 5.74) is 1.02. The first-order valence-corrected chi connectivity index (χ1v) is 10.6. The Kier molecular flexibility index (Phi) is 6.24. The van der Waals surface area contributed by atoms with Gasteiger partial charge >= 0.3 is 0 Å². The van der Waals surface area contributed by atoms with Crippen molar-refractivity contribution in [3.63, 3.8) is 0 Å². The van der Waals surface area contributed by atoms with Gasteiger partial charge in [-0.15, -0.1) is 0 Å². The standard InChI is InChI=1S/C22H24BrClN2O3/c1-13(2)11-26-18-8-6-15(10-19(18)29-12-22(3,4)21(26)28)25-20(27)16-9-14(23)5-7-17(16)24/h5-10,13H,11-12H2,1-4H3,(H,25,27). The molecule has 1 N–H and O–H groups in total. The molecule has 0 fully saturated rings. The zero-order valence-corrected chi connectivity index (χ0v) is 19.2. The predicted molar refractivity (Wildman–Crippen MR) is 120 cm³/mol. The molecular weight excluding hydrogens is 456 g/mol. The lowest BCUT2D eigenvalue weighted by atomic mass is 9.92. The van der Waals surface area contributed by atoms with Crippen LogP contribution < -0.4 is 15.0 Å². The minimum absolute atomic E-state index is 0.0302. The Morgan fingerprint density at radius 3 is 2.69 bits per heavy atom. The Balaban J connectivity index is 1.92. The maximum atomic E-state index is 13.0. The van der Waals surface area contributed by atoms with E-state index in [1.807, 2.05) is 19.9 Å². The zero-order valence-electron chi connectivity index (χ0n) is 16.9. The third kappa shape index (κ3) is 4.75. The summed E-state index contributed by atoms with van der Waals surface area (Å²) in [5.74, 6) is 0.587. The number of nitrogens with zero attached hydrogens (tertiary/aromatic N) is 1. The Bertz CT molecular complexity index is 959. The largest absolute Gasteiger partial charge is 0.490 e. The fourth-order valence-corrected chi connectivity index (χ4v) is 3.71. The summed E-state index contributed by atoms with van der Waals surface area (Å²) in [6, 6.07) is 10.4. The molecule has 0 atom stereocenters. The van der Waals surface area contributed by atoms with Crippen molar-refractivity contribution in [1.29, 1.82) is 0 Å². The zero-order chi connectivity index (χ0) is 21.3. The van der Waals surface area contributed by atoms with E-state index < -0.39 is 5.41 Å². The third-order valence-corrected chi connectivity index (χ3v) is 5.46. The molecule has 0 saturated carbocycles. The molecule has 5 nitrogen and oxygen atoms in total. The molecule has 7 heteroatoms. The van der Waals surface area contributed by atoms with E-state index in [2.05, 4.69) is 35.1 Å². The summed E-state index contributed by atoms with van der Waals surface area (Å²) in [7, 11) is 0. The van der Waals surface area contributed by atoms with Crippen molar-refractivity contribution in [2.45, 2.75) is 27.7 Å². The van der Waals surface area contributed by atoms with Crippen molar-refractivity contribution in [2.75, 3.05) is 23.4 Å². The molecule has 2 amide bonds. The van der Waals surface area contributed by atoms with Crippen LogP contribution in [0.1, 0.15) is 38.1 Å². The van der Waals surface area contributed by atoms with E-state index in [9.17, 15) is 9.59 Å². The minimum atomic E-state index is -0.638. The van der Waals surface area contributed by atoms with Crippen LogP contribution >= 0.6 is 27.5 Å². The topological polar surface area (TPSA) is 58.6 Å². The second-order valence-corrected chi connectivity index (χ2v) is 9.57. The smallest absolute Gasteiger partial charge is 0.257 e. The van der Waals surface area contributed by atoms with Crippen LogP contribution in [0.2, 0.25) is 5.02 Å². The number of anilines is 2. The minimum Gasteiger partial charge on any atom is -0.490 e. The van der Waals surface area contributed by atoms with Gasteiger partial charge in [0.25, 0.3) is 5.91 Å². The first kappa shape index (κ1) is 21.7. The Morgan fingerprint density at radius 1 is 1.28 bits per heavy atom. The summed E-state index contributed by atoms with van der Waals surface area (Å²) >= 11 is 9.51. The lowest BCUT2D eigenvalue weighted by molar-refractivity contribution is -0.127. The van der Waals surface area contributed by atoms with E-state index in [1.165, 1.54) is 0 Å². The van der Waals surface area contributed by atoms with Gasteiger partial charge in [-0.1, -0.05) is 41.4 Å². The fraction of sp³-hybridized carbons (Fsp3) is 0.364. The number of hydrogen-bond donors (Lipinski definition) is 1. The van der Waals surface area contributed by atoms with Gasteiger partial charge in [-0.3, -0.25) is 9.59 Å². The Hall–Kier alpha value is -2.05. The molecule has 0 aromatic heterocycles. The predicted octanol–water partition coefficient (Wildman–Crippen LogP) is 5.76. The van der Waals surface area contributed by atoms with Crippen LogP contribution in [0.25, 0.3) is 0 Å². The van der Waals surface area contributed by atoms with Crippen LogP contribution in [0.4, 0.5) is 11.4 Å². The second kappa shape index (κ2) is 8.36. The number of carbonyl (C=O) groups is 2. The van der Waals surface area contributed by atoms with Crippen molar-refractivity contribution in [2.24, 2.45) is 11.3 Å². The number of carbonyl (C=O) groups excluding carboxylic acids is 2. The molecule has 0 radical (unpaired) electrons. The molecule has 2 aromatic carbocycles. The van der Waals surface area contributed by atoms with Crippen molar-refractivity contribution < 1.29 is 14.3 Å². The fourth-order valence-electron chi connectivity index (χ4n) is 3.14. The number of fused-ring (bicyclic) bond motifs is 1. The lowest BCUT2D eigenvalue weighted by Crippen LogP contribution is -2.43. The summed E-state index contributed by atoms with van der Waals surface area (Å²) in [4.78, 5) is 27.5. The van der Waals surface area contributed by atoms with Gasteiger partial charge in [-0.25, -0.2) is 0 Å². The maximum Gasteiger partial charge on any atom is 0.257 e. The van der Waals surface area contributed by atoms with Gasteiger partial charge in [0.05, 0.1) is 21.7 Å². The number of nitrogens with one attached hydrogen (secondary N) is 1. The molecule has 0 saturated heterocycles. The molecule has 154 valence electrons. The van der Waals surface area contributed by atoms with E-state index in [-0.39, 0.29) is 18.4 Å². The second-order valence-electron chi connectivity index (χ2n) is 8.24. The van der Waals surface area contributed by atoms with E-state index in [4.69, 9.17) is 16.3 Å². The van der Waals surface area contributed by atoms with Crippen LogP contribution in [0.5, 0.6) is 5.75 Å². The highest BCUT2D eigenvalue weighted by Crippen LogP contribution is 2.38. The van der Waals surface area contributed by atoms with Crippen molar-refractivity contribution >= 4 is 50.7 Å².